The van der Waals surface area contributed by atoms with Crippen molar-refractivity contribution in [2.45, 2.75) is 97.2 Å². The topological polar surface area (TPSA) is 158 Å². The summed E-state index contributed by atoms with van der Waals surface area (Å²) in [5.41, 5.74) is -1.67. The van der Waals surface area contributed by atoms with Gasteiger partial charge in [-0.05, 0) is 137 Å². The Morgan fingerprint density at radius 1 is 0.878 bits per heavy atom. The molecule has 3 heterocycles. The van der Waals surface area contributed by atoms with Crippen LogP contribution in [0, 0.1) is 5.41 Å². The first-order valence-electron chi connectivity index (χ1n) is 24.9. The van der Waals surface area contributed by atoms with Gasteiger partial charge in [-0.15, -0.1) is 11.8 Å². The molecule has 14 nitrogen and oxygen atoms in total. The Balaban J connectivity index is 0.874. The second kappa shape index (κ2) is 21.6. The van der Waals surface area contributed by atoms with Gasteiger partial charge in [-0.25, -0.2) is 26.4 Å². The lowest BCUT2D eigenvalue weighted by atomic mass is 9.79. The number of carbonyl (C=O) groups excluding carboxylic acids is 2. The minimum Gasteiger partial charge on any atom is -0.489 e. The van der Waals surface area contributed by atoms with Gasteiger partial charge in [0.15, 0.2) is 0 Å². The molecule has 4 aromatic rings. The molecule has 0 aromatic heterocycles. The monoisotopic (exact) mass is 1100 g/mol. The Morgan fingerprint density at radius 2 is 1.59 bits per heavy atom. The van der Waals surface area contributed by atoms with Crippen LogP contribution in [0.5, 0.6) is 5.75 Å². The summed E-state index contributed by atoms with van der Waals surface area (Å²) < 4.78 is 111. The Kier molecular flexibility index (Phi) is 15.7. The van der Waals surface area contributed by atoms with E-state index in [-0.39, 0.29) is 11.6 Å². The number of sulfonamides is 1. The Morgan fingerprint density at radius 3 is 2.28 bits per heavy atom. The highest BCUT2D eigenvalue weighted by Gasteiger charge is 2.49. The van der Waals surface area contributed by atoms with Crippen molar-refractivity contribution in [2.24, 2.45) is 5.41 Å². The SMILES string of the molecule is CC(C)(C)OC(=O)N1CCN(CC[C@H](CSc2ccccc2)Nc2ccc(S(=O)(=O)NC(=O)c3ccc4c(c3)OC[C@@H]3CN(CC5=C(c6ccc(Cl)cc6)CCC6(CC6)C5)CCN43)cc2S(=O)(=O)C(F)(F)F)CC1. The van der Waals surface area contributed by atoms with Crippen LogP contribution in [0.25, 0.3) is 5.57 Å². The molecule has 21 heteroatoms. The quantitative estimate of drug-likeness (QED) is 0.109. The second-order valence-electron chi connectivity index (χ2n) is 20.9. The standard InChI is InChI=1S/C53H62ClF3N6O8S3/c1-51(2,3)71-50(65)62-26-23-60(24-27-62)22-18-40(35-72-42-7-5-4-6-8-42)58-45-15-14-43(30-48(45)73(66,67)53(55,56)57)74(68,69)59-49(64)37-11-16-46-47(29-37)70-34-41-33-61(25-28-63(41)46)32-38-31-52(20-21-52)19-17-44(38)36-9-12-39(54)13-10-36/h4-16,29-30,40-41,58H,17-28,31-35H2,1-3H3,(H,59,64)/t40-,41+/m1/s1. The van der Waals surface area contributed by atoms with Crippen LogP contribution < -0.4 is 19.7 Å². The number of carbonyl (C=O) groups is 2. The lowest BCUT2D eigenvalue weighted by Gasteiger charge is -2.46. The maximum atomic E-state index is 14.4. The number of thioether (sulfide) groups is 1. The van der Waals surface area contributed by atoms with Crippen LogP contribution in [0.2, 0.25) is 5.02 Å². The largest absolute Gasteiger partial charge is 0.501 e. The maximum Gasteiger partial charge on any atom is 0.501 e. The van der Waals surface area contributed by atoms with Crippen molar-refractivity contribution in [1.29, 1.82) is 0 Å². The van der Waals surface area contributed by atoms with E-state index in [1.54, 1.807) is 31.7 Å². The van der Waals surface area contributed by atoms with Crippen LogP contribution in [0.1, 0.15) is 75.2 Å². The summed E-state index contributed by atoms with van der Waals surface area (Å²) in [6, 6.07) is 23.8. The first-order chi connectivity index (χ1) is 35.0. The molecule has 0 unspecified atom stereocenters. The number of allylic oxidation sites excluding steroid dienone is 1. The first kappa shape index (κ1) is 53.8. The van der Waals surface area contributed by atoms with Crippen LogP contribution in [0.4, 0.5) is 29.3 Å². The van der Waals surface area contributed by atoms with Gasteiger partial charge in [0.25, 0.3) is 25.8 Å². The van der Waals surface area contributed by atoms with E-state index in [9.17, 15) is 39.6 Å². The van der Waals surface area contributed by atoms with E-state index in [0.717, 1.165) is 55.2 Å². The van der Waals surface area contributed by atoms with Crippen LogP contribution in [0.3, 0.4) is 0 Å². The number of hydrogen-bond acceptors (Lipinski definition) is 13. The van der Waals surface area contributed by atoms with Crippen LogP contribution in [-0.2, 0) is 24.6 Å². The predicted molar refractivity (Wildman–Crippen MR) is 281 cm³/mol. The van der Waals surface area contributed by atoms with Gasteiger partial charge in [-0.1, -0.05) is 47.5 Å². The number of hydrogen-bond donors (Lipinski definition) is 2. The van der Waals surface area contributed by atoms with Crippen molar-refractivity contribution in [2.75, 3.05) is 81.5 Å². The maximum absolute atomic E-state index is 14.4. The van der Waals surface area contributed by atoms with E-state index >= 15 is 0 Å². The number of sulfone groups is 1. The van der Waals surface area contributed by atoms with E-state index in [1.165, 1.54) is 59.9 Å². The van der Waals surface area contributed by atoms with Gasteiger partial charge >= 0.3 is 11.6 Å². The normalized spacial score (nSPS) is 19.8. The van der Waals surface area contributed by atoms with Crippen molar-refractivity contribution in [3.8, 4) is 5.75 Å². The molecule has 5 aliphatic rings. The van der Waals surface area contributed by atoms with E-state index in [0.29, 0.717) is 80.3 Å². The van der Waals surface area contributed by atoms with Crippen molar-refractivity contribution >= 4 is 72.2 Å². The Hall–Kier alpha value is -4.99. The van der Waals surface area contributed by atoms with E-state index in [2.05, 4.69) is 32.1 Å². The number of nitrogens with one attached hydrogen (secondary N) is 2. The summed E-state index contributed by atoms with van der Waals surface area (Å²) >= 11 is 7.64. The molecule has 3 fully saturated rings. The summed E-state index contributed by atoms with van der Waals surface area (Å²) in [6.45, 7) is 11.1. The molecular weight excluding hydrogens is 1040 g/mol. The fourth-order valence-corrected chi connectivity index (χ4v) is 13.4. The zero-order chi connectivity index (χ0) is 52.6. The third-order valence-electron chi connectivity index (χ3n) is 14.5. The fourth-order valence-electron chi connectivity index (χ4n) is 10.3. The van der Waals surface area contributed by atoms with Gasteiger partial charge in [-0.2, -0.15) is 13.2 Å². The second-order valence-corrected chi connectivity index (χ2v) is 26.1. The fraction of sp³-hybridized carbons (Fsp3) is 0.472. The molecule has 2 amide bonds. The van der Waals surface area contributed by atoms with Gasteiger partial charge in [0, 0.05) is 86.2 Å². The molecule has 1 saturated carbocycles. The molecule has 3 aliphatic heterocycles. The average molecular weight is 1100 g/mol. The Labute approximate surface area is 440 Å². The highest BCUT2D eigenvalue weighted by molar-refractivity contribution is 7.99. The molecule has 1 spiro atoms. The Bertz CT molecular complexity index is 2980. The van der Waals surface area contributed by atoms with Crippen molar-refractivity contribution in [3.63, 3.8) is 0 Å². The molecule has 2 saturated heterocycles. The number of alkyl halides is 3. The van der Waals surface area contributed by atoms with Crippen molar-refractivity contribution in [3.05, 3.63) is 113 Å². The number of fused-ring (bicyclic) bond motifs is 3. The van der Waals surface area contributed by atoms with E-state index < -0.39 is 64.5 Å². The molecule has 398 valence electrons. The number of nitrogens with zero attached hydrogens (tertiary/aromatic N) is 4. The number of anilines is 2. The van der Waals surface area contributed by atoms with Crippen LogP contribution >= 0.6 is 23.4 Å². The van der Waals surface area contributed by atoms with Gasteiger partial charge in [0.2, 0.25) is 0 Å². The number of amides is 2. The zero-order valence-corrected chi connectivity index (χ0v) is 44.8. The molecule has 4 aromatic carbocycles. The molecule has 0 radical (unpaired) electrons. The highest BCUT2D eigenvalue weighted by atomic mass is 35.5. The lowest BCUT2D eigenvalue weighted by Crippen LogP contribution is -2.57. The van der Waals surface area contributed by atoms with Gasteiger partial charge < -0.3 is 24.6 Å². The molecule has 0 bridgehead atoms. The van der Waals surface area contributed by atoms with Crippen LogP contribution in [-0.4, -0.2) is 138 Å². The van der Waals surface area contributed by atoms with Gasteiger partial charge in [0.1, 0.15) is 22.9 Å². The number of rotatable bonds is 15. The molecule has 74 heavy (non-hydrogen) atoms. The molecule has 9 rings (SSSR count). The molecule has 2 atom stereocenters. The van der Waals surface area contributed by atoms with Crippen molar-refractivity contribution < 1.29 is 49.1 Å². The average Bonchev–Trinajstić information content (AvgIpc) is 4.12. The van der Waals surface area contributed by atoms with Gasteiger partial charge in [-0.3, -0.25) is 14.6 Å². The molecular formula is C53H62ClF3N6O8S3. The first-order valence-corrected chi connectivity index (χ1v) is 29.3. The van der Waals surface area contributed by atoms with Crippen LogP contribution in [0.15, 0.2) is 111 Å². The van der Waals surface area contributed by atoms with Crippen molar-refractivity contribution in [1.82, 2.24) is 19.4 Å². The number of benzene rings is 4. The third-order valence-corrected chi connectivity index (χ3v) is 18.8. The highest BCUT2D eigenvalue weighted by Crippen LogP contribution is 2.58. The number of piperazine rings is 2. The summed E-state index contributed by atoms with van der Waals surface area (Å²) in [6.07, 6.45) is 5.83. The summed E-state index contributed by atoms with van der Waals surface area (Å²) in [7, 11) is -11.1. The number of ether oxygens (including phenoxy) is 2. The molecule has 2 aliphatic carbocycles. The zero-order valence-electron chi connectivity index (χ0n) is 41.6. The van der Waals surface area contributed by atoms with E-state index in [4.69, 9.17) is 21.1 Å². The number of halogens is 4. The van der Waals surface area contributed by atoms with Gasteiger partial charge in [0.05, 0.1) is 22.3 Å². The summed E-state index contributed by atoms with van der Waals surface area (Å²) in [4.78, 5) is 33.5. The smallest absolute Gasteiger partial charge is 0.489 e. The minimum absolute atomic E-state index is 0.0281. The summed E-state index contributed by atoms with van der Waals surface area (Å²) in [5.74, 6) is -0.398. The van der Waals surface area contributed by atoms with E-state index in [1.807, 2.05) is 47.2 Å². The molecule has 2 N–H and O–H groups in total. The predicted octanol–water partition coefficient (Wildman–Crippen LogP) is 9.57. The lowest BCUT2D eigenvalue weighted by molar-refractivity contribution is -0.0436. The summed E-state index contributed by atoms with van der Waals surface area (Å²) in [5, 5.41) is 3.71. The minimum atomic E-state index is -6.13. The third kappa shape index (κ3) is 12.6.